The molecule has 4 rings (SSSR count). The number of carbonyl (C=O) groups is 1. The number of aliphatic imine (C=N–C) groups is 1. The molecule has 1 saturated carbocycles. The van der Waals surface area contributed by atoms with Crippen molar-refractivity contribution in [3.05, 3.63) is 48.4 Å². The number of hydrogen-bond acceptors (Lipinski definition) is 4. The Morgan fingerprint density at radius 2 is 2.00 bits per heavy atom. The van der Waals surface area contributed by atoms with E-state index in [1.807, 2.05) is 30.5 Å². The summed E-state index contributed by atoms with van der Waals surface area (Å²) in [7, 11) is 0. The van der Waals surface area contributed by atoms with Gasteiger partial charge in [0.2, 0.25) is 0 Å². The predicted molar refractivity (Wildman–Crippen MR) is 96.2 cm³/mol. The predicted octanol–water partition coefficient (Wildman–Crippen LogP) is 3.09. The highest BCUT2D eigenvalue weighted by molar-refractivity contribution is 6.37. The zero-order chi connectivity index (χ0) is 17.2. The second-order valence-electron chi connectivity index (χ2n) is 6.50. The minimum atomic E-state index is -0.993. The molecule has 0 radical (unpaired) electrons. The second kappa shape index (κ2) is 6.55. The molecule has 0 saturated heterocycles. The smallest absolute Gasteiger partial charge is 0.352 e. The fourth-order valence-electron chi connectivity index (χ4n) is 3.45. The van der Waals surface area contributed by atoms with E-state index in [2.05, 4.69) is 26.3 Å². The van der Waals surface area contributed by atoms with Gasteiger partial charge in [-0.25, -0.2) is 9.79 Å². The maximum Gasteiger partial charge on any atom is 0.352 e. The Labute approximate surface area is 145 Å². The molecule has 1 aliphatic carbocycles. The summed E-state index contributed by atoms with van der Waals surface area (Å²) in [4.78, 5) is 15.4. The number of benzene rings is 1. The molecule has 1 fully saturated rings. The number of nitrogens with zero attached hydrogens (tertiary/aromatic N) is 3. The van der Waals surface area contributed by atoms with Gasteiger partial charge in [-0.2, -0.15) is 5.10 Å². The van der Waals surface area contributed by atoms with Gasteiger partial charge in [0.15, 0.2) is 0 Å². The minimum Gasteiger partial charge on any atom is -0.477 e. The van der Waals surface area contributed by atoms with Crippen molar-refractivity contribution >= 4 is 17.4 Å². The molecule has 1 aromatic carbocycles. The Balaban J connectivity index is 1.62. The lowest BCUT2D eigenvalue weighted by atomic mass is 10.0. The van der Waals surface area contributed by atoms with Crippen molar-refractivity contribution < 1.29 is 9.90 Å². The van der Waals surface area contributed by atoms with Crippen molar-refractivity contribution in [1.82, 2.24) is 15.1 Å². The van der Waals surface area contributed by atoms with E-state index in [-0.39, 0.29) is 12.3 Å². The molecule has 0 amide bonds. The van der Waals surface area contributed by atoms with Gasteiger partial charge in [0.1, 0.15) is 5.71 Å². The van der Waals surface area contributed by atoms with E-state index < -0.39 is 5.97 Å². The Bertz CT molecular complexity index is 860. The molecule has 2 N–H and O–H groups in total. The van der Waals surface area contributed by atoms with Crippen LogP contribution in [0.4, 0.5) is 0 Å². The van der Waals surface area contributed by atoms with Crippen LogP contribution in [-0.4, -0.2) is 33.1 Å². The monoisotopic (exact) mass is 336 g/mol. The van der Waals surface area contributed by atoms with Gasteiger partial charge in [-0.15, -0.1) is 0 Å². The third-order valence-electron chi connectivity index (χ3n) is 4.80. The molecule has 6 heteroatoms. The second-order valence-corrected chi connectivity index (χ2v) is 6.50. The summed E-state index contributed by atoms with van der Waals surface area (Å²) in [6, 6.07) is 8.48. The maximum atomic E-state index is 11.1. The SMILES string of the molecule is O=C(O)C1=NC(c2cccc(-c3cnn(C4CCCC4)c3)c2)=CNC1. The van der Waals surface area contributed by atoms with Crippen LogP contribution in [0.3, 0.4) is 0 Å². The van der Waals surface area contributed by atoms with Gasteiger partial charge < -0.3 is 10.4 Å². The van der Waals surface area contributed by atoms with E-state index in [9.17, 15) is 4.79 Å². The number of nitrogens with one attached hydrogen (secondary N) is 1. The molecule has 0 unspecified atom stereocenters. The van der Waals surface area contributed by atoms with Crippen molar-refractivity contribution in [2.24, 2.45) is 4.99 Å². The third-order valence-corrected chi connectivity index (χ3v) is 4.80. The first-order chi connectivity index (χ1) is 12.2. The van der Waals surface area contributed by atoms with Gasteiger partial charge in [-0.1, -0.05) is 31.0 Å². The summed E-state index contributed by atoms with van der Waals surface area (Å²) in [6.45, 7) is 0.243. The van der Waals surface area contributed by atoms with E-state index in [1.165, 1.54) is 25.7 Å². The average Bonchev–Trinajstić information content (AvgIpc) is 3.33. The topological polar surface area (TPSA) is 79.5 Å². The molecule has 128 valence electrons. The van der Waals surface area contributed by atoms with Crippen molar-refractivity contribution in [1.29, 1.82) is 0 Å². The van der Waals surface area contributed by atoms with Gasteiger partial charge in [0.05, 0.1) is 24.5 Å². The van der Waals surface area contributed by atoms with Crippen LogP contribution in [0.5, 0.6) is 0 Å². The zero-order valence-corrected chi connectivity index (χ0v) is 13.9. The molecular formula is C19H20N4O2. The highest BCUT2D eigenvalue weighted by atomic mass is 16.4. The summed E-state index contributed by atoms with van der Waals surface area (Å²) in [5, 5.41) is 16.6. The summed E-state index contributed by atoms with van der Waals surface area (Å²) in [6.07, 6.45) is 10.7. The standard InChI is InChI=1S/C19H20N4O2/c24-19(25)18-11-20-10-17(22-18)14-5-3-4-13(8-14)15-9-21-23(12-15)16-6-1-2-7-16/h3-5,8-10,12,16,20H,1-2,6-7,11H2,(H,24,25). The van der Waals surface area contributed by atoms with Crippen LogP contribution < -0.4 is 5.32 Å². The maximum absolute atomic E-state index is 11.1. The van der Waals surface area contributed by atoms with Crippen molar-refractivity contribution in [3.8, 4) is 11.1 Å². The van der Waals surface area contributed by atoms with Crippen LogP contribution in [0.2, 0.25) is 0 Å². The van der Waals surface area contributed by atoms with Crippen LogP contribution >= 0.6 is 0 Å². The van der Waals surface area contributed by atoms with Crippen molar-refractivity contribution in [3.63, 3.8) is 0 Å². The average molecular weight is 336 g/mol. The van der Waals surface area contributed by atoms with Crippen LogP contribution in [0.15, 0.2) is 47.9 Å². The number of rotatable bonds is 4. The lowest BCUT2D eigenvalue weighted by Crippen LogP contribution is -2.28. The molecule has 1 aliphatic heterocycles. The van der Waals surface area contributed by atoms with E-state index in [1.54, 1.807) is 6.20 Å². The number of aliphatic carboxylic acids is 1. The Kier molecular flexibility index (Phi) is 4.09. The molecule has 2 aliphatic rings. The molecule has 2 heterocycles. The van der Waals surface area contributed by atoms with Gasteiger partial charge in [-0.3, -0.25) is 4.68 Å². The van der Waals surface area contributed by atoms with E-state index >= 15 is 0 Å². The van der Waals surface area contributed by atoms with E-state index in [4.69, 9.17) is 5.11 Å². The van der Waals surface area contributed by atoms with Crippen LogP contribution in [-0.2, 0) is 4.79 Å². The summed E-state index contributed by atoms with van der Waals surface area (Å²) < 4.78 is 2.08. The number of aromatic nitrogens is 2. The molecule has 0 atom stereocenters. The molecule has 0 spiro atoms. The molecule has 2 aromatic rings. The summed E-state index contributed by atoms with van der Waals surface area (Å²) in [5.74, 6) is -0.993. The molecule has 1 aromatic heterocycles. The lowest BCUT2D eigenvalue weighted by molar-refractivity contribution is -0.129. The van der Waals surface area contributed by atoms with Gasteiger partial charge in [0.25, 0.3) is 0 Å². The first-order valence-electron chi connectivity index (χ1n) is 8.60. The quantitative estimate of drug-likeness (QED) is 0.899. The Hall–Kier alpha value is -2.89. The molecular weight excluding hydrogens is 316 g/mol. The van der Waals surface area contributed by atoms with Crippen molar-refractivity contribution in [2.45, 2.75) is 31.7 Å². The van der Waals surface area contributed by atoms with Gasteiger partial charge in [-0.05, 0) is 24.5 Å². The number of carboxylic acids is 1. The molecule has 6 nitrogen and oxygen atoms in total. The van der Waals surface area contributed by atoms with Crippen LogP contribution in [0, 0.1) is 0 Å². The van der Waals surface area contributed by atoms with Gasteiger partial charge >= 0.3 is 5.97 Å². The zero-order valence-electron chi connectivity index (χ0n) is 13.9. The fourth-order valence-corrected chi connectivity index (χ4v) is 3.45. The third kappa shape index (κ3) is 3.20. The normalized spacial score (nSPS) is 17.8. The fraction of sp³-hybridized carbons (Fsp3) is 0.316. The first kappa shape index (κ1) is 15.6. The lowest BCUT2D eigenvalue weighted by Gasteiger charge is -2.12. The van der Waals surface area contributed by atoms with Crippen molar-refractivity contribution in [2.75, 3.05) is 6.54 Å². The molecule has 0 bridgehead atoms. The van der Waals surface area contributed by atoms with Crippen LogP contribution in [0.25, 0.3) is 16.8 Å². The largest absolute Gasteiger partial charge is 0.477 e. The van der Waals surface area contributed by atoms with Gasteiger partial charge in [0, 0.05) is 23.5 Å². The molecule has 25 heavy (non-hydrogen) atoms. The van der Waals surface area contributed by atoms with Crippen LogP contribution in [0.1, 0.15) is 37.3 Å². The Morgan fingerprint density at radius 3 is 2.80 bits per heavy atom. The van der Waals surface area contributed by atoms with E-state index in [0.717, 1.165) is 16.7 Å². The number of carboxylic acid groups (broad SMARTS) is 1. The highest BCUT2D eigenvalue weighted by Gasteiger charge is 2.18. The first-order valence-corrected chi connectivity index (χ1v) is 8.60. The summed E-state index contributed by atoms with van der Waals surface area (Å²) >= 11 is 0. The summed E-state index contributed by atoms with van der Waals surface area (Å²) in [5.41, 5.74) is 3.77. The minimum absolute atomic E-state index is 0.122. The van der Waals surface area contributed by atoms with E-state index in [0.29, 0.717) is 11.7 Å². The highest BCUT2D eigenvalue weighted by Crippen LogP contribution is 2.31. The Morgan fingerprint density at radius 1 is 1.20 bits per heavy atom. The number of hydrogen-bond donors (Lipinski definition) is 2.